The maximum Gasteiger partial charge on any atom is 0.180 e. The third kappa shape index (κ3) is 1.84. The molecule has 0 radical (unpaired) electrons. The highest BCUT2D eigenvalue weighted by Gasteiger charge is 2.36. The van der Waals surface area contributed by atoms with Gasteiger partial charge in [0.1, 0.15) is 18.4 Å². The van der Waals surface area contributed by atoms with E-state index < -0.39 is 5.66 Å². The SMILES string of the molecule is CC(=CCC1(N)N=CN=C2N=CN=C21)CO. The van der Waals surface area contributed by atoms with Crippen LogP contribution in [0.5, 0.6) is 0 Å². The second-order valence-electron chi connectivity index (χ2n) is 3.76. The molecule has 0 aliphatic carbocycles. The molecule has 0 aromatic rings. The Morgan fingerprint density at radius 1 is 1.50 bits per heavy atom. The highest BCUT2D eigenvalue weighted by Crippen LogP contribution is 2.19. The Labute approximate surface area is 93.0 Å². The third-order valence-corrected chi connectivity index (χ3v) is 2.47. The van der Waals surface area contributed by atoms with Gasteiger partial charge in [0.25, 0.3) is 0 Å². The van der Waals surface area contributed by atoms with E-state index in [1.807, 2.05) is 13.0 Å². The molecule has 0 aromatic heterocycles. The number of amidine groups is 1. The summed E-state index contributed by atoms with van der Waals surface area (Å²) < 4.78 is 0. The van der Waals surface area contributed by atoms with E-state index in [0.717, 1.165) is 5.57 Å². The van der Waals surface area contributed by atoms with Gasteiger partial charge in [0.05, 0.1) is 6.61 Å². The normalized spacial score (nSPS) is 27.8. The van der Waals surface area contributed by atoms with Gasteiger partial charge in [-0.3, -0.25) is 0 Å². The Morgan fingerprint density at radius 2 is 2.31 bits per heavy atom. The zero-order chi connectivity index (χ0) is 11.6. The molecule has 0 amide bonds. The largest absolute Gasteiger partial charge is 0.392 e. The Morgan fingerprint density at radius 3 is 3.06 bits per heavy atom. The molecule has 2 heterocycles. The van der Waals surface area contributed by atoms with Crippen molar-refractivity contribution < 1.29 is 5.11 Å². The first-order valence-corrected chi connectivity index (χ1v) is 4.94. The first-order chi connectivity index (χ1) is 7.65. The molecule has 6 heteroatoms. The van der Waals surface area contributed by atoms with E-state index >= 15 is 0 Å². The van der Waals surface area contributed by atoms with Crippen LogP contribution in [0.4, 0.5) is 0 Å². The van der Waals surface area contributed by atoms with Crippen LogP contribution in [-0.2, 0) is 0 Å². The number of rotatable bonds is 3. The van der Waals surface area contributed by atoms with Gasteiger partial charge in [0.15, 0.2) is 11.5 Å². The summed E-state index contributed by atoms with van der Waals surface area (Å²) in [6.07, 6.45) is 5.14. The molecule has 2 aliphatic heterocycles. The minimum atomic E-state index is -0.913. The predicted octanol–water partition coefficient (Wildman–Crippen LogP) is -0.107. The summed E-state index contributed by atoms with van der Waals surface area (Å²) in [6, 6.07) is 0. The Bertz CT molecular complexity index is 446. The van der Waals surface area contributed by atoms with Gasteiger partial charge in [-0.15, -0.1) is 0 Å². The van der Waals surface area contributed by atoms with Crippen LogP contribution in [0.25, 0.3) is 0 Å². The molecule has 0 aromatic carbocycles. The Hall–Kier alpha value is -1.66. The lowest BCUT2D eigenvalue weighted by Gasteiger charge is -2.25. The van der Waals surface area contributed by atoms with Crippen LogP contribution in [0.15, 0.2) is 31.6 Å². The molecule has 0 saturated carbocycles. The molecule has 1 atom stereocenters. The standard InChI is InChI=1S/C10H13N5O/c1-7(4-16)2-3-10(11)8-9(13-5-12-8)14-6-15-10/h2,5-6,16H,3-4,11H2,1H3. The van der Waals surface area contributed by atoms with Crippen LogP contribution in [0.1, 0.15) is 13.3 Å². The first kappa shape index (κ1) is 10.8. The van der Waals surface area contributed by atoms with Crippen molar-refractivity contribution in [2.24, 2.45) is 25.7 Å². The maximum atomic E-state index is 8.91. The predicted molar refractivity (Wildman–Crippen MR) is 64.2 cm³/mol. The number of aliphatic hydroxyl groups excluding tert-OH is 1. The number of aliphatic imine (C=N–C) groups is 4. The summed E-state index contributed by atoms with van der Waals surface area (Å²) in [7, 11) is 0. The molecule has 0 fully saturated rings. The molecule has 0 bridgehead atoms. The highest BCUT2D eigenvalue weighted by molar-refractivity contribution is 6.50. The average Bonchev–Trinajstić information content (AvgIpc) is 2.76. The molecule has 1 unspecified atom stereocenters. The van der Waals surface area contributed by atoms with Crippen LogP contribution < -0.4 is 5.73 Å². The van der Waals surface area contributed by atoms with Gasteiger partial charge < -0.3 is 10.8 Å². The van der Waals surface area contributed by atoms with Crippen molar-refractivity contribution in [3.05, 3.63) is 11.6 Å². The fraction of sp³-hybridized carbons (Fsp3) is 0.400. The van der Waals surface area contributed by atoms with E-state index in [2.05, 4.69) is 20.0 Å². The lowest BCUT2D eigenvalue weighted by atomic mass is 9.98. The van der Waals surface area contributed by atoms with Crippen LogP contribution in [-0.4, -0.2) is 41.6 Å². The van der Waals surface area contributed by atoms with Crippen LogP contribution in [0, 0.1) is 0 Å². The minimum Gasteiger partial charge on any atom is -0.392 e. The topological polar surface area (TPSA) is 95.7 Å². The summed E-state index contributed by atoms with van der Waals surface area (Å²) in [5.41, 5.74) is 6.65. The van der Waals surface area contributed by atoms with Gasteiger partial charge in [-0.2, -0.15) is 0 Å². The molecular weight excluding hydrogens is 206 g/mol. The number of fused-ring (bicyclic) bond motifs is 1. The van der Waals surface area contributed by atoms with Gasteiger partial charge in [0, 0.05) is 6.42 Å². The fourth-order valence-corrected chi connectivity index (χ4v) is 1.45. The van der Waals surface area contributed by atoms with Crippen LogP contribution >= 0.6 is 0 Å². The van der Waals surface area contributed by atoms with Crippen molar-refractivity contribution in [2.75, 3.05) is 6.61 Å². The molecule has 16 heavy (non-hydrogen) atoms. The number of hydrogen-bond acceptors (Lipinski definition) is 6. The smallest absolute Gasteiger partial charge is 0.180 e. The Kier molecular flexibility index (Phi) is 2.76. The van der Waals surface area contributed by atoms with Crippen LogP contribution in [0.2, 0.25) is 0 Å². The lowest BCUT2D eigenvalue weighted by molar-refractivity contribution is 0.330. The molecule has 2 rings (SSSR count). The van der Waals surface area contributed by atoms with Crippen molar-refractivity contribution in [1.82, 2.24) is 0 Å². The van der Waals surface area contributed by atoms with E-state index in [-0.39, 0.29) is 6.61 Å². The van der Waals surface area contributed by atoms with Crippen molar-refractivity contribution in [3.63, 3.8) is 0 Å². The molecular formula is C10H13N5O. The minimum absolute atomic E-state index is 0.0176. The lowest BCUT2D eigenvalue weighted by Crippen LogP contribution is -2.50. The number of hydrogen-bond donors (Lipinski definition) is 2. The van der Waals surface area contributed by atoms with Crippen molar-refractivity contribution in [3.8, 4) is 0 Å². The van der Waals surface area contributed by atoms with Gasteiger partial charge in [-0.1, -0.05) is 11.6 Å². The second kappa shape index (κ2) is 4.07. The molecule has 3 N–H and O–H groups in total. The van der Waals surface area contributed by atoms with Crippen molar-refractivity contribution in [1.29, 1.82) is 0 Å². The highest BCUT2D eigenvalue weighted by atomic mass is 16.3. The van der Waals surface area contributed by atoms with Crippen molar-refractivity contribution in [2.45, 2.75) is 19.0 Å². The van der Waals surface area contributed by atoms with E-state index in [1.165, 1.54) is 12.7 Å². The summed E-state index contributed by atoms with van der Waals surface area (Å²) in [5, 5.41) is 8.91. The summed E-state index contributed by atoms with van der Waals surface area (Å²) >= 11 is 0. The van der Waals surface area contributed by atoms with Crippen molar-refractivity contribution >= 4 is 24.2 Å². The molecule has 6 nitrogen and oxygen atoms in total. The summed E-state index contributed by atoms with van der Waals surface area (Å²) in [5.74, 6) is 0.521. The molecule has 84 valence electrons. The quantitative estimate of drug-likeness (QED) is 0.648. The number of nitrogens with zero attached hydrogens (tertiary/aromatic N) is 4. The average molecular weight is 219 g/mol. The Balaban J connectivity index is 2.21. The van der Waals surface area contributed by atoms with E-state index in [9.17, 15) is 0 Å². The molecule has 0 spiro atoms. The monoisotopic (exact) mass is 219 g/mol. The number of nitrogens with two attached hydrogens (primary N) is 1. The summed E-state index contributed by atoms with van der Waals surface area (Å²) in [6.45, 7) is 1.85. The second-order valence-corrected chi connectivity index (χ2v) is 3.76. The number of aliphatic hydroxyl groups is 1. The van der Waals surface area contributed by atoms with Gasteiger partial charge in [0.2, 0.25) is 0 Å². The van der Waals surface area contributed by atoms with E-state index in [0.29, 0.717) is 18.0 Å². The fourth-order valence-electron chi connectivity index (χ4n) is 1.45. The van der Waals surface area contributed by atoms with Gasteiger partial charge in [-0.05, 0) is 6.92 Å². The van der Waals surface area contributed by atoms with E-state index in [1.54, 1.807) is 0 Å². The third-order valence-electron chi connectivity index (χ3n) is 2.47. The van der Waals surface area contributed by atoms with Gasteiger partial charge in [-0.25, -0.2) is 20.0 Å². The summed E-state index contributed by atoms with van der Waals surface area (Å²) in [4.78, 5) is 16.2. The maximum absolute atomic E-state index is 8.91. The zero-order valence-electron chi connectivity index (χ0n) is 8.96. The molecule has 2 aliphatic rings. The molecule has 0 saturated heterocycles. The van der Waals surface area contributed by atoms with Crippen LogP contribution in [0.3, 0.4) is 0 Å². The van der Waals surface area contributed by atoms with E-state index in [4.69, 9.17) is 10.8 Å². The zero-order valence-corrected chi connectivity index (χ0v) is 8.96. The first-order valence-electron chi connectivity index (χ1n) is 4.94. The van der Waals surface area contributed by atoms with Gasteiger partial charge >= 0.3 is 0 Å².